The van der Waals surface area contributed by atoms with Gasteiger partial charge in [0.15, 0.2) is 5.78 Å². The van der Waals surface area contributed by atoms with Gasteiger partial charge in [0, 0.05) is 17.5 Å². The minimum Gasteiger partial charge on any atom is -0.294 e. The molecule has 104 valence electrons. The van der Waals surface area contributed by atoms with E-state index in [0.29, 0.717) is 12.0 Å². The molecule has 1 nitrogen and oxygen atoms in total. The van der Waals surface area contributed by atoms with Crippen LogP contribution in [0, 0.1) is 11.6 Å². The summed E-state index contributed by atoms with van der Waals surface area (Å²) >= 11 is 3.00. The van der Waals surface area contributed by atoms with E-state index < -0.39 is 11.6 Å². The second-order valence-corrected chi connectivity index (χ2v) is 5.29. The first-order valence-corrected chi connectivity index (χ1v) is 7.07. The Hall–Kier alpha value is -1.55. The summed E-state index contributed by atoms with van der Waals surface area (Å²) in [4.78, 5) is 12.3. The molecular weight excluding hydrogens is 326 g/mol. The molecule has 0 saturated heterocycles. The Morgan fingerprint density at radius 3 is 2.55 bits per heavy atom. The first kappa shape index (κ1) is 14.9. The molecule has 0 radical (unpaired) electrons. The third-order valence-electron chi connectivity index (χ3n) is 3.17. The van der Waals surface area contributed by atoms with Crippen molar-refractivity contribution >= 4 is 21.7 Å². The van der Waals surface area contributed by atoms with Crippen LogP contribution in [0.5, 0.6) is 0 Å². The van der Waals surface area contributed by atoms with Gasteiger partial charge in [-0.1, -0.05) is 31.2 Å². The van der Waals surface area contributed by atoms with Gasteiger partial charge in [0.25, 0.3) is 0 Å². The van der Waals surface area contributed by atoms with Gasteiger partial charge in [-0.25, -0.2) is 8.78 Å². The van der Waals surface area contributed by atoms with Crippen molar-refractivity contribution in [3.8, 4) is 0 Å². The minimum atomic E-state index is -0.715. The number of benzene rings is 2. The molecule has 0 amide bonds. The van der Waals surface area contributed by atoms with E-state index in [-0.39, 0.29) is 22.2 Å². The average Bonchev–Trinajstić information content (AvgIpc) is 2.47. The van der Waals surface area contributed by atoms with Gasteiger partial charge in [-0.3, -0.25) is 4.79 Å². The number of carbonyl (C=O) groups excluding carboxylic acids is 1. The molecule has 0 aliphatic heterocycles. The summed E-state index contributed by atoms with van der Waals surface area (Å²) in [5.74, 6) is -1.70. The molecule has 20 heavy (non-hydrogen) atoms. The maximum Gasteiger partial charge on any atom is 0.167 e. The number of ketones is 1. The topological polar surface area (TPSA) is 17.1 Å². The van der Waals surface area contributed by atoms with Crippen molar-refractivity contribution in [2.45, 2.75) is 19.8 Å². The van der Waals surface area contributed by atoms with E-state index in [1.54, 1.807) is 12.1 Å². The van der Waals surface area contributed by atoms with Crippen LogP contribution in [0.3, 0.4) is 0 Å². The van der Waals surface area contributed by atoms with Gasteiger partial charge >= 0.3 is 0 Å². The molecule has 0 atom stereocenters. The van der Waals surface area contributed by atoms with Crippen molar-refractivity contribution in [2.24, 2.45) is 0 Å². The Balaban J connectivity index is 2.35. The smallest absolute Gasteiger partial charge is 0.167 e. The van der Waals surface area contributed by atoms with E-state index in [2.05, 4.69) is 15.9 Å². The van der Waals surface area contributed by atoms with Gasteiger partial charge in [-0.15, -0.1) is 0 Å². The highest BCUT2D eigenvalue weighted by molar-refractivity contribution is 9.10. The summed E-state index contributed by atoms with van der Waals surface area (Å²) in [5, 5.41) is 0. The number of aryl methyl sites for hydroxylation is 1. The Labute approximate surface area is 124 Å². The zero-order chi connectivity index (χ0) is 14.7. The number of Topliss-reactive ketones (excluding diaryl/α,β-unsaturated/α-hetero) is 1. The molecule has 0 N–H and O–H groups in total. The van der Waals surface area contributed by atoms with Crippen molar-refractivity contribution < 1.29 is 13.6 Å². The monoisotopic (exact) mass is 338 g/mol. The SMILES string of the molecule is CCc1ccccc1C(=O)Cc1c(F)ccc(Br)c1F. The summed E-state index contributed by atoms with van der Waals surface area (Å²) < 4.78 is 27.7. The van der Waals surface area contributed by atoms with E-state index in [1.807, 2.05) is 19.1 Å². The number of halogens is 3. The molecule has 4 heteroatoms. The van der Waals surface area contributed by atoms with E-state index in [9.17, 15) is 13.6 Å². The fraction of sp³-hybridized carbons (Fsp3) is 0.188. The van der Waals surface area contributed by atoms with Crippen LogP contribution in [0.15, 0.2) is 40.9 Å². The zero-order valence-electron chi connectivity index (χ0n) is 10.9. The first-order valence-electron chi connectivity index (χ1n) is 6.28. The van der Waals surface area contributed by atoms with Gasteiger partial charge in [0.1, 0.15) is 11.6 Å². The normalized spacial score (nSPS) is 10.6. The molecule has 0 fully saturated rings. The maximum atomic E-state index is 13.9. The molecule has 0 spiro atoms. The van der Waals surface area contributed by atoms with Gasteiger partial charge in [-0.2, -0.15) is 0 Å². The summed E-state index contributed by atoms with van der Waals surface area (Å²) in [7, 11) is 0. The van der Waals surface area contributed by atoms with E-state index >= 15 is 0 Å². The number of hydrogen-bond donors (Lipinski definition) is 0. The highest BCUT2D eigenvalue weighted by Crippen LogP contribution is 2.23. The van der Waals surface area contributed by atoms with Crippen LogP contribution < -0.4 is 0 Å². The molecule has 0 aromatic heterocycles. The van der Waals surface area contributed by atoms with E-state index in [0.717, 1.165) is 11.6 Å². The van der Waals surface area contributed by atoms with Crippen molar-refractivity contribution in [3.63, 3.8) is 0 Å². The molecule has 0 aliphatic carbocycles. The van der Waals surface area contributed by atoms with Crippen molar-refractivity contribution in [2.75, 3.05) is 0 Å². The van der Waals surface area contributed by atoms with Crippen LogP contribution >= 0.6 is 15.9 Å². The standard InChI is InChI=1S/C16H13BrF2O/c1-2-10-5-3-4-6-11(10)15(20)9-12-14(18)8-7-13(17)16(12)19/h3-8H,2,9H2,1H3. The quantitative estimate of drug-likeness (QED) is 0.582. The Morgan fingerprint density at radius 1 is 1.15 bits per heavy atom. The largest absolute Gasteiger partial charge is 0.294 e. The van der Waals surface area contributed by atoms with Crippen molar-refractivity contribution in [1.82, 2.24) is 0 Å². The van der Waals surface area contributed by atoms with E-state index in [4.69, 9.17) is 0 Å². The van der Waals surface area contributed by atoms with Crippen LogP contribution in [0.1, 0.15) is 28.4 Å². The first-order chi connectivity index (χ1) is 9.54. The second kappa shape index (κ2) is 6.27. The van der Waals surface area contributed by atoms with E-state index in [1.165, 1.54) is 6.07 Å². The minimum absolute atomic E-state index is 0.158. The lowest BCUT2D eigenvalue weighted by Crippen LogP contribution is -2.10. The molecule has 0 saturated carbocycles. The van der Waals surface area contributed by atoms with Crippen LogP contribution in [-0.4, -0.2) is 5.78 Å². The lowest BCUT2D eigenvalue weighted by Gasteiger charge is -2.09. The molecular formula is C16H13BrF2O. The molecule has 0 unspecified atom stereocenters. The third-order valence-corrected chi connectivity index (χ3v) is 3.79. The lowest BCUT2D eigenvalue weighted by molar-refractivity contribution is 0.0989. The fourth-order valence-electron chi connectivity index (χ4n) is 2.09. The summed E-state index contributed by atoms with van der Waals surface area (Å²) in [6, 6.07) is 9.58. The Bertz CT molecular complexity index is 653. The van der Waals surface area contributed by atoms with Gasteiger partial charge < -0.3 is 0 Å². The predicted molar refractivity (Wildman–Crippen MR) is 77.9 cm³/mol. The fourth-order valence-corrected chi connectivity index (χ4v) is 2.46. The molecule has 2 aromatic rings. The predicted octanol–water partition coefficient (Wildman–Crippen LogP) is 4.72. The molecule has 0 aliphatic rings. The molecule has 0 bridgehead atoms. The summed E-state index contributed by atoms with van der Waals surface area (Å²) in [5.41, 5.74) is 1.21. The molecule has 2 rings (SSSR count). The number of rotatable bonds is 4. The van der Waals surface area contributed by atoms with Gasteiger partial charge in [0.05, 0.1) is 4.47 Å². The number of hydrogen-bond acceptors (Lipinski definition) is 1. The summed E-state index contributed by atoms with van der Waals surface area (Å²) in [6.45, 7) is 1.94. The summed E-state index contributed by atoms with van der Waals surface area (Å²) in [6.07, 6.45) is 0.416. The van der Waals surface area contributed by atoms with Crippen LogP contribution in [0.25, 0.3) is 0 Å². The van der Waals surface area contributed by atoms with Crippen molar-refractivity contribution in [3.05, 3.63) is 69.2 Å². The highest BCUT2D eigenvalue weighted by atomic mass is 79.9. The highest BCUT2D eigenvalue weighted by Gasteiger charge is 2.18. The molecule has 0 heterocycles. The molecule has 2 aromatic carbocycles. The lowest BCUT2D eigenvalue weighted by atomic mass is 9.97. The van der Waals surface area contributed by atoms with Crippen molar-refractivity contribution in [1.29, 1.82) is 0 Å². The van der Waals surface area contributed by atoms with Gasteiger partial charge in [0.2, 0.25) is 0 Å². The third kappa shape index (κ3) is 2.96. The van der Waals surface area contributed by atoms with Gasteiger partial charge in [-0.05, 0) is 40.0 Å². The van der Waals surface area contributed by atoms with Crippen LogP contribution in [0.2, 0.25) is 0 Å². The maximum absolute atomic E-state index is 13.9. The average molecular weight is 339 g/mol. The Kier molecular flexibility index (Phi) is 4.65. The Morgan fingerprint density at radius 2 is 1.85 bits per heavy atom. The number of carbonyl (C=O) groups is 1. The zero-order valence-corrected chi connectivity index (χ0v) is 12.5. The van der Waals surface area contributed by atoms with Crippen LogP contribution in [-0.2, 0) is 12.8 Å². The second-order valence-electron chi connectivity index (χ2n) is 4.43. The van der Waals surface area contributed by atoms with Crippen LogP contribution in [0.4, 0.5) is 8.78 Å².